The second kappa shape index (κ2) is 14.5. The van der Waals surface area contributed by atoms with Crippen molar-refractivity contribution in [1.82, 2.24) is 0 Å². The smallest absolute Gasteiger partial charge is 0.313 e. The minimum Gasteiger partial charge on any atom is -0.462 e. The molecular formula is C33H41N2O10S+. The molecule has 2 saturated heterocycles. The Morgan fingerprint density at radius 1 is 0.891 bits per heavy atom. The van der Waals surface area contributed by atoms with Crippen LogP contribution in [0, 0.1) is 0 Å². The number of aliphatic hydroxyl groups excluding tert-OH is 4. The van der Waals surface area contributed by atoms with E-state index in [0.717, 1.165) is 37.1 Å². The van der Waals surface area contributed by atoms with Crippen molar-refractivity contribution in [3.05, 3.63) is 90.0 Å². The topological polar surface area (TPSA) is 172 Å². The van der Waals surface area contributed by atoms with Gasteiger partial charge in [-0.05, 0) is 66.9 Å². The summed E-state index contributed by atoms with van der Waals surface area (Å²) in [5.74, 6) is -0.0341. The third kappa shape index (κ3) is 8.23. The Balaban J connectivity index is 1.16. The molecule has 13 heteroatoms. The molecule has 248 valence electrons. The molecule has 0 aromatic heterocycles. The molecule has 0 spiro atoms. The van der Waals surface area contributed by atoms with Crippen LogP contribution in [0.15, 0.2) is 78.9 Å². The normalized spacial score (nSPS) is 28.3. The summed E-state index contributed by atoms with van der Waals surface area (Å²) in [5.41, 5.74) is 2.14. The highest BCUT2D eigenvalue weighted by atomic mass is 32.2. The number of aliphatic hydroxyl groups is 4. The number of quaternary nitrogens is 1. The van der Waals surface area contributed by atoms with Gasteiger partial charge in [-0.25, -0.2) is 0 Å². The predicted molar refractivity (Wildman–Crippen MR) is 168 cm³/mol. The summed E-state index contributed by atoms with van der Waals surface area (Å²) in [5, 5.41) is 42.4. The molecular weight excluding hydrogens is 616 g/mol. The van der Waals surface area contributed by atoms with Crippen molar-refractivity contribution in [3.8, 4) is 11.5 Å². The Labute approximate surface area is 268 Å². The van der Waals surface area contributed by atoms with E-state index in [-0.39, 0.29) is 23.4 Å². The number of likely N-dealkylation sites (N-methyl/N-ethyl adjacent to an activating group) is 1. The minimum atomic E-state index is -4.01. The van der Waals surface area contributed by atoms with Gasteiger partial charge in [0, 0.05) is 17.7 Å². The number of carbonyl (C=O) groups is 1. The number of anilines is 1. The number of hydrogen-bond donors (Lipinski definition) is 5. The van der Waals surface area contributed by atoms with Gasteiger partial charge in [-0.3, -0.25) is 4.79 Å². The maximum Gasteiger partial charge on any atom is 0.313 e. The fourth-order valence-electron chi connectivity index (χ4n) is 6.04. The molecule has 0 bridgehead atoms. The minimum absolute atomic E-state index is 0.00655. The molecule has 5 N–H and O–H groups in total. The summed E-state index contributed by atoms with van der Waals surface area (Å²) < 4.78 is 42.5. The number of nitrogens with one attached hydrogen (secondary N) is 1. The quantitative estimate of drug-likeness (QED) is 0.152. The largest absolute Gasteiger partial charge is 0.462 e. The van der Waals surface area contributed by atoms with Crippen LogP contribution in [0.5, 0.6) is 11.5 Å². The zero-order chi connectivity index (χ0) is 32.9. The van der Waals surface area contributed by atoms with Crippen LogP contribution < -0.4 is 14.2 Å². The summed E-state index contributed by atoms with van der Waals surface area (Å²) in [4.78, 5) is 13.2. The molecule has 2 heterocycles. The van der Waals surface area contributed by atoms with Gasteiger partial charge in [-0.15, -0.1) is 0 Å². The number of ether oxygens (including phenoxy) is 2. The third-order valence-corrected chi connectivity index (χ3v) is 9.68. The van der Waals surface area contributed by atoms with Crippen LogP contribution in [0.4, 0.5) is 5.69 Å². The molecule has 0 radical (unpaired) electrons. The molecule has 5 rings (SSSR count). The van der Waals surface area contributed by atoms with Gasteiger partial charge in [0.1, 0.15) is 48.2 Å². The second-order valence-corrected chi connectivity index (χ2v) is 13.7. The monoisotopic (exact) mass is 657 g/mol. The number of nitrogens with zero attached hydrogens (tertiary/aromatic N) is 1. The first kappa shape index (κ1) is 33.8. The van der Waals surface area contributed by atoms with Crippen LogP contribution in [0.1, 0.15) is 30.4 Å². The molecule has 2 aliphatic heterocycles. The first-order chi connectivity index (χ1) is 22.0. The van der Waals surface area contributed by atoms with E-state index in [1.165, 1.54) is 24.3 Å². The Bertz CT molecular complexity index is 1550. The summed E-state index contributed by atoms with van der Waals surface area (Å²) >= 11 is 0. The second-order valence-electron chi connectivity index (χ2n) is 12.1. The molecule has 7 atom stereocenters. The van der Waals surface area contributed by atoms with Crippen LogP contribution >= 0.6 is 0 Å². The van der Waals surface area contributed by atoms with Crippen molar-refractivity contribution in [3.63, 3.8) is 0 Å². The summed E-state index contributed by atoms with van der Waals surface area (Å²) in [6.07, 6.45) is -4.33. The van der Waals surface area contributed by atoms with Crippen molar-refractivity contribution < 1.29 is 51.8 Å². The highest BCUT2D eigenvalue weighted by Crippen LogP contribution is 2.29. The van der Waals surface area contributed by atoms with Gasteiger partial charge >= 0.3 is 10.1 Å². The average molecular weight is 658 g/mol. The molecule has 2 unspecified atom stereocenters. The van der Waals surface area contributed by atoms with Gasteiger partial charge in [-0.2, -0.15) is 8.42 Å². The number of para-hydroxylation sites is 1. The SMILES string of the molecule is C[N+]1(Cc2ccc(OS(=O)(=O)Cc3ccc(OC4O[C@H](CO)[C@H](O)[C@H](O)[C@H]4O)cc3)cc2)CCCC[C@@H]1C(=O)Nc1ccccc1. The number of piperidine rings is 1. The van der Waals surface area contributed by atoms with E-state index in [2.05, 4.69) is 12.4 Å². The first-order valence-corrected chi connectivity index (χ1v) is 16.8. The van der Waals surface area contributed by atoms with E-state index in [9.17, 15) is 33.6 Å². The Hall–Kier alpha value is -3.56. The Kier molecular flexibility index (Phi) is 10.6. The van der Waals surface area contributed by atoms with Crippen molar-refractivity contribution in [1.29, 1.82) is 0 Å². The van der Waals surface area contributed by atoms with E-state index >= 15 is 0 Å². The lowest BCUT2D eigenvalue weighted by Gasteiger charge is -2.43. The van der Waals surface area contributed by atoms with Gasteiger partial charge in [0.15, 0.2) is 6.04 Å². The number of carbonyl (C=O) groups excluding carboxylic acids is 1. The number of amides is 1. The highest BCUT2D eigenvalue weighted by molar-refractivity contribution is 7.86. The summed E-state index contributed by atoms with van der Waals surface area (Å²) in [7, 11) is -1.93. The first-order valence-electron chi connectivity index (χ1n) is 15.2. The van der Waals surface area contributed by atoms with Gasteiger partial charge in [0.25, 0.3) is 5.91 Å². The fraction of sp³-hybridized carbons (Fsp3) is 0.424. The Morgan fingerprint density at radius 2 is 1.54 bits per heavy atom. The standard InChI is InChI=1S/C33H40N2O10S/c1-35(18-6-5-9-27(35)32(40)34-24-7-3-2-4-8-24)19-22-10-16-26(17-11-22)45-46(41,42)21-23-12-14-25(15-13-23)43-33-31(39)30(38)29(37)28(20-36)44-33/h2-4,7-8,10-17,27-31,33,36-39H,5-6,9,18-21H2,1H3/p+1/t27-,28-,29+,30+,31-,33?,35?/m1/s1. The van der Waals surface area contributed by atoms with Crippen LogP contribution in [-0.4, -0.2) is 96.2 Å². The molecule has 1 amide bonds. The van der Waals surface area contributed by atoms with E-state index in [4.69, 9.17) is 13.7 Å². The van der Waals surface area contributed by atoms with Crippen molar-refractivity contribution in [2.24, 2.45) is 0 Å². The predicted octanol–water partition coefficient (Wildman–Crippen LogP) is 1.91. The van der Waals surface area contributed by atoms with Gasteiger partial charge in [0.2, 0.25) is 6.29 Å². The van der Waals surface area contributed by atoms with Crippen LogP contribution in [0.3, 0.4) is 0 Å². The van der Waals surface area contributed by atoms with Crippen LogP contribution in [0.2, 0.25) is 0 Å². The van der Waals surface area contributed by atoms with Crippen molar-refractivity contribution >= 4 is 21.7 Å². The lowest BCUT2D eigenvalue weighted by Crippen LogP contribution is -2.60. The van der Waals surface area contributed by atoms with Gasteiger partial charge in [-0.1, -0.05) is 30.3 Å². The number of rotatable bonds is 11. The molecule has 2 aliphatic rings. The Morgan fingerprint density at radius 3 is 2.22 bits per heavy atom. The maximum absolute atomic E-state index is 13.2. The summed E-state index contributed by atoms with van der Waals surface area (Å²) in [6, 6.07) is 22.0. The van der Waals surface area contributed by atoms with E-state index in [1.807, 2.05) is 42.5 Å². The van der Waals surface area contributed by atoms with Crippen molar-refractivity contribution in [2.45, 2.75) is 68.3 Å². The van der Waals surface area contributed by atoms with E-state index in [1.54, 1.807) is 12.1 Å². The number of hydrogen-bond acceptors (Lipinski definition) is 10. The molecule has 0 aliphatic carbocycles. The number of benzene rings is 3. The average Bonchev–Trinajstić information content (AvgIpc) is 3.03. The van der Waals surface area contributed by atoms with Crippen molar-refractivity contribution in [2.75, 3.05) is 25.5 Å². The lowest BCUT2D eigenvalue weighted by atomic mass is 9.97. The van der Waals surface area contributed by atoms with E-state index < -0.39 is 53.2 Å². The highest BCUT2D eigenvalue weighted by Gasteiger charge is 2.45. The third-order valence-electron chi connectivity index (χ3n) is 8.55. The lowest BCUT2D eigenvalue weighted by molar-refractivity contribution is -0.941. The molecule has 3 aromatic carbocycles. The summed E-state index contributed by atoms with van der Waals surface area (Å²) in [6.45, 7) is 0.876. The molecule has 46 heavy (non-hydrogen) atoms. The van der Waals surface area contributed by atoms with Gasteiger partial charge in [0.05, 0.1) is 20.2 Å². The number of likely N-dealkylation sites (tertiary alicyclic amines) is 1. The molecule has 2 fully saturated rings. The fourth-order valence-corrected chi connectivity index (χ4v) is 7.10. The molecule has 12 nitrogen and oxygen atoms in total. The zero-order valence-electron chi connectivity index (χ0n) is 25.5. The van der Waals surface area contributed by atoms with E-state index in [0.29, 0.717) is 16.6 Å². The van der Waals surface area contributed by atoms with Crippen LogP contribution in [0.25, 0.3) is 0 Å². The molecule has 3 aromatic rings. The maximum atomic E-state index is 13.2. The molecule has 0 saturated carbocycles. The van der Waals surface area contributed by atoms with Gasteiger partial charge < -0.3 is 43.9 Å². The van der Waals surface area contributed by atoms with Crippen LogP contribution in [-0.2, 0) is 31.9 Å². The zero-order valence-corrected chi connectivity index (χ0v) is 26.3.